The van der Waals surface area contributed by atoms with Crippen LogP contribution in [0.15, 0.2) is 18.2 Å². The first-order valence-electron chi connectivity index (χ1n) is 10.9. The minimum absolute atomic E-state index is 0.0165. The average Bonchev–Trinajstić information content (AvgIpc) is 2.73. The molecule has 0 aliphatic heterocycles. The van der Waals surface area contributed by atoms with Crippen LogP contribution >= 0.6 is 0 Å². The molecule has 0 aromatic heterocycles. The van der Waals surface area contributed by atoms with Crippen LogP contribution < -0.4 is 21.3 Å². The fraction of sp³-hybridized carbons (Fsp3) is 0.545. The summed E-state index contributed by atoms with van der Waals surface area (Å²) in [5, 5.41) is 10.3. The Balaban J connectivity index is 2.65. The molecule has 8 nitrogen and oxygen atoms in total. The molecular formula is C22H33BF2N4O4. The summed E-state index contributed by atoms with van der Waals surface area (Å²) >= 11 is 0. The molecule has 4 amide bonds. The van der Waals surface area contributed by atoms with E-state index < -0.39 is 35.5 Å². The lowest BCUT2D eigenvalue weighted by Crippen LogP contribution is -2.53. The summed E-state index contributed by atoms with van der Waals surface area (Å²) in [5.74, 6) is -3.34. The van der Waals surface area contributed by atoms with E-state index in [2.05, 4.69) is 21.3 Å². The van der Waals surface area contributed by atoms with Crippen LogP contribution in [-0.2, 0) is 20.9 Å². The van der Waals surface area contributed by atoms with Crippen molar-refractivity contribution in [2.24, 2.45) is 5.41 Å². The van der Waals surface area contributed by atoms with Crippen LogP contribution in [0.25, 0.3) is 0 Å². The maximum Gasteiger partial charge on any atom is 0.243 e. The van der Waals surface area contributed by atoms with Crippen molar-refractivity contribution in [1.82, 2.24) is 21.3 Å². The SMILES string of the molecule is CBC(=O)N[C@@H](CCC(=O)NCC(C)(C)C)C(=O)N[C@@H](C)C(=O)NCc1ccc(F)cc1F. The third kappa shape index (κ3) is 10.9. The van der Waals surface area contributed by atoms with Gasteiger partial charge in [-0.1, -0.05) is 33.7 Å². The van der Waals surface area contributed by atoms with Crippen LogP contribution in [0.4, 0.5) is 13.6 Å². The molecular weight excluding hydrogens is 433 g/mol. The lowest BCUT2D eigenvalue weighted by Gasteiger charge is -2.22. The topological polar surface area (TPSA) is 116 Å². The van der Waals surface area contributed by atoms with Crippen molar-refractivity contribution in [3.8, 4) is 0 Å². The Labute approximate surface area is 193 Å². The Morgan fingerprint density at radius 3 is 2.27 bits per heavy atom. The number of amides is 4. The molecule has 0 saturated carbocycles. The van der Waals surface area contributed by atoms with Gasteiger partial charge in [0.25, 0.3) is 0 Å². The first kappa shape index (κ1) is 28.1. The number of carbonyl (C=O) groups is 4. The predicted molar refractivity (Wildman–Crippen MR) is 123 cm³/mol. The van der Waals surface area contributed by atoms with Crippen molar-refractivity contribution in [2.45, 2.75) is 66.0 Å². The molecule has 11 heteroatoms. The van der Waals surface area contributed by atoms with Gasteiger partial charge in [0.15, 0.2) is 5.81 Å². The second-order valence-corrected chi connectivity index (χ2v) is 9.03. The number of rotatable bonds is 11. The van der Waals surface area contributed by atoms with Crippen molar-refractivity contribution in [1.29, 1.82) is 0 Å². The largest absolute Gasteiger partial charge is 0.356 e. The molecule has 0 bridgehead atoms. The van der Waals surface area contributed by atoms with Gasteiger partial charge in [0.1, 0.15) is 23.7 Å². The van der Waals surface area contributed by atoms with Gasteiger partial charge in [0.05, 0.1) is 0 Å². The molecule has 0 heterocycles. The lowest BCUT2D eigenvalue weighted by molar-refractivity contribution is -0.130. The van der Waals surface area contributed by atoms with Crippen LogP contribution in [0.5, 0.6) is 0 Å². The van der Waals surface area contributed by atoms with Crippen molar-refractivity contribution >= 4 is 30.8 Å². The molecule has 1 aromatic rings. The van der Waals surface area contributed by atoms with Crippen LogP contribution in [-0.4, -0.2) is 49.4 Å². The highest BCUT2D eigenvalue weighted by molar-refractivity contribution is 6.72. The van der Waals surface area contributed by atoms with E-state index in [1.54, 1.807) is 6.82 Å². The Hall–Kier alpha value is -2.98. The van der Waals surface area contributed by atoms with E-state index in [9.17, 15) is 28.0 Å². The molecule has 0 aliphatic carbocycles. The number of nitrogens with one attached hydrogen (secondary N) is 4. The molecule has 0 aliphatic rings. The summed E-state index contributed by atoms with van der Waals surface area (Å²) in [7, 11) is 0.152. The maximum absolute atomic E-state index is 13.7. The molecule has 1 aromatic carbocycles. The van der Waals surface area contributed by atoms with Gasteiger partial charge < -0.3 is 21.3 Å². The van der Waals surface area contributed by atoms with E-state index in [0.717, 1.165) is 6.07 Å². The van der Waals surface area contributed by atoms with Gasteiger partial charge in [-0.25, -0.2) is 8.78 Å². The molecule has 0 spiro atoms. The summed E-state index contributed by atoms with van der Waals surface area (Å²) in [6.07, 6.45) is 0.0747. The fourth-order valence-electron chi connectivity index (χ4n) is 2.67. The third-order valence-electron chi connectivity index (χ3n) is 4.67. The maximum atomic E-state index is 13.7. The standard InChI is InChI=1S/C22H33BF2N4O4/c1-13(19(31)26-11-14-6-7-15(24)10-16(14)25)28-20(32)17(29-21(33)23-5)8-9-18(30)27-12-22(2,3)4/h6-7,10,13,17,23H,8-9,11-12H2,1-5H3,(H,26,31)(H,27,30)(H,28,32)(H,29,33)/t13-,17-/m0/s1. The zero-order valence-corrected chi connectivity index (χ0v) is 19.8. The van der Waals surface area contributed by atoms with E-state index in [1.165, 1.54) is 13.0 Å². The number of halogens is 2. The molecule has 0 unspecified atom stereocenters. The van der Waals surface area contributed by atoms with Gasteiger partial charge >= 0.3 is 0 Å². The zero-order valence-electron chi connectivity index (χ0n) is 19.8. The molecule has 33 heavy (non-hydrogen) atoms. The highest BCUT2D eigenvalue weighted by Crippen LogP contribution is 2.11. The van der Waals surface area contributed by atoms with E-state index in [4.69, 9.17) is 0 Å². The van der Waals surface area contributed by atoms with Gasteiger partial charge in [-0.15, -0.1) is 0 Å². The molecule has 0 saturated heterocycles. The summed E-state index contributed by atoms with van der Waals surface area (Å²) in [6.45, 7) is 9.27. The molecule has 4 N–H and O–H groups in total. The van der Waals surface area contributed by atoms with Gasteiger partial charge in [-0.3, -0.25) is 19.2 Å². The minimum Gasteiger partial charge on any atom is -0.356 e. The molecule has 1 rings (SSSR count). The Bertz CT molecular complexity index is 861. The van der Waals surface area contributed by atoms with Crippen LogP contribution in [0, 0.1) is 17.0 Å². The van der Waals surface area contributed by atoms with Crippen LogP contribution in [0.3, 0.4) is 0 Å². The Morgan fingerprint density at radius 1 is 1.03 bits per heavy atom. The van der Waals surface area contributed by atoms with Crippen molar-refractivity contribution in [3.63, 3.8) is 0 Å². The van der Waals surface area contributed by atoms with E-state index in [0.29, 0.717) is 12.6 Å². The Morgan fingerprint density at radius 2 is 1.70 bits per heavy atom. The summed E-state index contributed by atoms with van der Waals surface area (Å²) in [6, 6.07) is 1.02. The van der Waals surface area contributed by atoms with Gasteiger partial charge in [-0.05, 0) is 24.8 Å². The van der Waals surface area contributed by atoms with E-state index in [-0.39, 0.29) is 49.4 Å². The number of hydrogen-bond acceptors (Lipinski definition) is 4. The molecule has 182 valence electrons. The summed E-state index contributed by atoms with van der Waals surface area (Å²) in [5.41, 5.74) is 0.000271. The second kappa shape index (κ2) is 12.9. The molecule has 0 radical (unpaired) electrons. The fourth-order valence-corrected chi connectivity index (χ4v) is 2.67. The quantitative estimate of drug-likeness (QED) is 0.371. The number of hydrogen-bond donors (Lipinski definition) is 4. The molecule has 0 fully saturated rings. The Kier molecular flexibility index (Phi) is 11.0. The first-order chi connectivity index (χ1) is 15.3. The number of benzene rings is 1. The van der Waals surface area contributed by atoms with Crippen molar-refractivity contribution < 1.29 is 28.0 Å². The van der Waals surface area contributed by atoms with Gasteiger partial charge in [-0.2, -0.15) is 0 Å². The zero-order chi connectivity index (χ0) is 25.2. The second-order valence-electron chi connectivity index (χ2n) is 9.03. The summed E-state index contributed by atoms with van der Waals surface area (Å²) in [4.78, 5) is 48.9. The van der Waals surface area contributed by atoms with E-state index in [1.807, 2.05) is 20.8 Å². The van der Waals surface area contributed by atoms with Gasteiger partial charge in [0.2, 0.25) is 25.0 Å². The minimum atomic E-state index is -0.998. The number of carbonyl (C=O) groups excluding carboxylic acids is 4. The smallest absolute Gasteiger partial charge is 0.243 e. The van der Waals surface area contributed by atoms with Crippen LogP contribution in [0.1, 0.15) is 46.1 Å². The monoisotopic (exact) mass is 466 g/mol. The van der Waals surface area contributed by atoms with Crippen molar-refractivity contribution in [2.75, 3.05) is 6.54 Å². The highest BCUT2D eigenvalue weighted by atomic mass is 19.1. The van der Waals surface area contributed by atoms with Gasteiger partial charge in [0, 0.05) is 31.1 Å². The predicted octanol–water partition coefficient (Wildman–Crippen LogP) is 1.59. The normalized spacial score (nSPS) is 12.8. The van der Waals surface area contributed by atoms with Crippen LogP contribution in [0.2, 0.25) is 6.82 Å². The third-order valence-corrected chi connectivity index (χ3v) is 4.67. The summed E-state index contributed by atoms with van der Waals surface area (Å²) < 4.78 is 26.7. The highest BCUT2D eigenvalue weighted by Gasteiger charge is 2.25. The average molecular weight is 466 g/mol. The lowest BCUT2D eigenvalue weighted by atomic mass is 9.81. The van der Waals surface area contributed by atoms with Crippen molar-refractivity contribution in [3.05, 3.63) is 35.4 Å². The van der Waals surface area contributed by atoms with E-state index >= 15 is 0 Å². The first-order valence-corrected chi connectivity index (χ1v) is 10.9. The molecule has 2 atom stereocenters.